The van der Waals surface area contributed by atoms with Gasteiger partial charge in [0.2, 0.25) is 0 Å². The molecule has 24 heavy (non-hydrogen) atoms. The molecule has 0 atom stereocenters. The van der Waals surface area contributed by atoms with E-state index in [9.17, 15) is 4.79 Å². The van der Waals surface area contributed by atoms with Gasteiger partial charge in [-0.2, -0.15) is 5.10 Å². The molecule has 3 heterocycles. The number of carbonyl (C=O) groups excluding carboxylic acids is 1. The van der Waals surface area contributed by atoms with Crippen LogP contribution < -0.4 is 5.73 Å². The number of nitrogen functional groups attached to an aromatic ring is 1. The van der Waals surface area contributed by atoms with Crippen molar-refractivity contribution >= 4 is 29.0 Å². The number of rotatable bonds is 4. The number of fused-ring (bicyclic) bond motifs is 1. The zero-order valence-corrected chi connectivity index (χ0v) is 13.5. The van der Waals surface area contributed by atoms with Gasteiger partial charge < -0.3 is 5.73 Å². The van der Waals surface area contributed by atoms with Crippen LogP contribution in [0, 0.1) is 0 Å². The number of nitrogens with two attached hydrogens (primary N) is 1. The Morgan fingerprint density at radius 1 is 1.21 bits per heavy atom. The van der Waals surface area contributed by atoms with Crippen molar-refractivity contribution < 1.29 is 4.79 Å². The van der Waals surface area contributed by atoms with Crippen LogP contribution in [0.1, 0.15) is 20.9 Å². The molecule has 0 saturated heterocycles. The lowest BCUT2D eigenvalue weighted by molar-refractivity contribution is 0.112. The Hall–Kier alpha value is -2.99. The van der Waals surface area contributed by atoms with E-state index in [-0.39, 0.29) is 0 Å². The fourth-order valence-electron chi connectivity index (χ4n) is 2.81. The number of carbonyl (C=O) groups is 1. The summed E-state index contributed by atoms with van der Waals surface area (Å²) in [6, 6.07) is 11.7. The van der Waals surface area contributed by atoms with Gasteiger partial charge in [-0.15, -0.1) is 11.3 Å². The first-order valence-corrected chi connectivity index (χ1v) is 8.33. The first-order valence-electron chi connectivity index (χ1n) is 7.45. The van der Waals surface area contributed by atoms with Gasteiger partial charge in [0.15, 0.2) is 11.9 Å². The molecular weight excluding hydrogens is 320 g/mol. The molecule has 0 radical (unpaired) electrons. The Morgan fingerprint density at radius 2 is 2.12 bits per heavy atom. The smallest absolute Gasteiger partial charge is 0.163 e. The average molecular weight is 334 g/mol. The molecule has 118 valence electrons. The van der Waals surface area contributed by atoms with Crippen molar-refractivity contribution in [2.75, 3.05) is 5.73 Å². The highest BCUT2D eigenvalue weighted by Crippen LogP contribution is 2.30. The lowest BCUT2D eigenvalue weighted by atomic mass is 10.1. The van der Waals surface area contributed by atoms with E-state index in [0.717, 1.165) is 40.0 Å². The van der Waals surface area contributed by atoms with E-state index in [1.165, 1.54) is 11.3 Å². The molecule has 0 saturated carbocycles. The number of aromatic nitrogens is 3. The van der Waals surface area contributed by atoms with Crippen LogP contribution in [0.4, 0.5) is 5.69 Å². The summed E-state index contributed by atoms with van der Waals surface area (Å²) in [6.07, 6.45) is 5.12. The maximum Gasteiger partial charge on any atom is 0.163 e. The molecule has 3 aromatic heterocycles. The minimum atomic E-state index is 0.688. The van der Waals surface area contributed by atoms with Crippen molar-refractivity contribution in [3.63, 3.8) is 0 Å². The quantitative estimate of drug-likeness (QED) is 0.458. The second-order valence-corrected chi connectivity index (χ2v) is 6.42. The molecule has 4 rings (SSSR count). The maximum atomic E-state index is 11.2. The van der Waals surface area contributed by atoms with E-state index in [2.05, 4.69) is 10.1 Å². The third kappa shape index (κ3) is 2.47. The van der Waals surface area contributed by atoms with Crippen molar-refractivity contribution in [2.24, 2.45) is 0 Å². The van der Waals surface area contributed by atoms with Gasteiger partial charge in [0, 0.05) is 29.4 Å². The molecule has 0 aliphatic rings. The van der Waals surface area contributed by atoms with Crippen LogP contribution in [0.15, 0.2) is 54.2 Å². The monoisotopic (exact) mass is 334 g/mol. The van der Waals surface area contributed by atoms with Crippen molar-refractivity contribution in [3.8, 4) is 11.1 Å². The first-order chi connectivity index (χ1) is 11.8. The van der Waals surface area contributed by atoms with Gasteiger partial charge >= 0.3 is 0 Å². The molecule has 4 aromatic rings. The second kappa shape index (κ2) is 5.90. The summed E-state index contributed by atoms with van der Waals surface area (Å²) in [5.41, 5.74) is 11.2. The number of hydrogen-bond donors (Lipinski definition) is 1. The van der Waals surface area contributed by atoms with E-state index in [0.29, 0.717) is 11.3 Å². The van der Waals surface area contributed by atoms with Crippen LogP contribution in [-0.4, -0.2) is 20.9 Å². The third-order valence-corrected chi connectivity index (χ3v) is 4.75. The molecule has 0 unspecified atom stereocenters. The maximum absolute atomic E-state index is 11.2. The zero-order chi connectivity index (χ0) is 16.5. The Balaban J connectivity index is 1.81. The highest BCUT2D eigenvalue weighted by Gasteiger charge is 2.14. The van der Waals surface area contributed by atoms with Gasteiger partial charge in [-0.05, 0) is 35.2 Å². The Morgan fingerprint density at radius 3 is 2.96 bits per heavy atom. The van der Waals surface area contributed by atoms with Crippen molar-refractivity contribution in [2.45, 2.75) is 6.42 Å². The standard InChI is InChI=1S/C18H14N4OS/c19-13-3-1-2-12(8-13)9-14-4-6-20-18-16(10-21-22(14)18)15-5-7-24-17(15)11-23/h1-8,10-11H,9,19H2. The van der Waals surface area contributed by atoms with Crippen LogP contribution in [0.3, 0.4) is 0 Å². The molecule has 0 spiro atoms. The predicted molar refractivity (Wildman–Crippen MR) is 95.3 cm³/mol. The number of benzene rings is 1. The number of nitrogens with zero attached hydrogens (tertiary/aromatic N) is 3. The third-order valence-electron chi connectivity index (χ3n) is 3.91. The van der Waals surface area contributed by atoms with Gasteiger partial charge in [-0.25, -0.2) is 9.50 Å². The van der Waals surface area contributed by atoms with Crippen molar-refractivity contribution in [1.82, 2.24) is 14.6 Å². The van der Waals surface area contributed by atoms with Gasteiger partial charge in [0.05, 0.1) is 16.8 Å². The molecule has 6 heteroatoms. The summed E-state index contributed by atoms with van der Waals surface area (Å²) in [5, 5.41) is 6.38. The average Bonchev–Trinajstić information content (AvgIpc) is 3.21. The van der Waals surface area contributed by atoms with Crippen LogP contribution in [0.2, 0.25) is 0 Å². The zero-order valence-electron chi connectivity index (χ0n) is 12.7. The highest BCUT2D eigenvalue weighted by molar-refractivity contribution is 7.12. The summed E-state index contributed by atoms with van der Waals surface area (Å²) in [4.78, 5) is 16.4. The van der Waals surface area contributed by atoms with Gasteiger partial charge in [-0.1, -0.05) is 12.1 Å². The van der Waals surface area contributed by atoms with Gasteiger partial charge in [0.25, 0.3) is 0 Å². The van der Waals surface area contributed by atoms with E-state index >= 15 is 0 Å². The molecular formula is C18H14N4OS. The van der Waals surface area contributed by atoms with Crippen LogP contribution in [0.5, 0.6) is 0 Å². The first kappa shape index (κ1) is 14.6. The van der Waals surface area contributed by atoms with Crippen molar-refractivity contribution in [1.29, 1.82) is 0 Å². The molecule has 0 amide bonds. The minimum absolute atomic E-state index is 0.688. The normalized spacial score (nSPS) is 11.0. The van der Waals surface area contributed by atoms with E-state index in [1.54, 1.807) is 12.4 Å². The molecule has 5 nitrogen and oxygen atoms in total. The van der Waals surface area contributed by atoms with Crippen LogP contribution in [-0.2, 0) is 6.42 Å². The van der Waals surface area contributed by atoms with Crippen molar-refractivity contribution in [3.05, 3.63) is 70.3 Å². The molecule has 0 fully saturated rings. The Bertz CT molecular complexity index is 1030. The summed E-state index contributed by atoms with van der Waals surface area (Å²) in [5.74, 6) is 0. The molecule has 0 aliphatic heterocycles. The lowest BCUT2D eigenvalue weighted by Crippen LogP contribution is -2.01. The van der Waals surface area contributed by atoms with Gasteiger partial charge in [0.1, 0.15) is 0 Å². The fourth-order valence-corrected chi connectivity index (χ4v) is 3.52. The minimum Gasteiger partial charge on any atom is -0.399 e. The number of aldehydes is 1. The highest BCUT2D eigenvalue weighted by atomic mass is 32.1. The van der Waals surface area contributed by atoms with E-state index in [1.807, 2.05) is 46.3 Å². The molecule has 0 aliphatic carbocycles. The Kier molecular flexibility index (Phi) is 3.59. The summed E-state index contributed by atoms with van der Waals surface area (Å²) in [7, 11) is 0. The second-order valence-electron chi connectivity index (χ2n) is 5.47. The Labute approximate surface area is 142 Å². The molecule has 1 aromatic carbocycles. The predicted octanol–water partition coefficient (Wildman–Crippen LogP) is 3.44. The SMILES string of the molecule is Nc1cccc(Cc2ccnc3c(-c4ccsc4C=O)cnn23)c1. The topological polar surface area (TPSA) is 73.3 Å². The van der Waals surface area contributed by atoms with Crippen LogP contribution in [0.25, 0.3) is 16.8 Å². The summed E-state index contributed by atoms with van der Waals surface area (Å²) < 4.78 is 1.82. The summed E-state index contributed by atoms with van der Waals surface area (Å²) in [6.45, 7) is 0. The van der Waals surface area contributed by atoms with Gasteiger partial charge in [-0.3, -0.25) is 4.79 Å². The van der Waals surface area contributed by atoms with E-state index < -0.39 is 0 Å². The fraction of sp³-hybridized carbons (Fsp3) is 0.0556. The largest absolute Gasteiger partial charge is 0.399 e. The summed E-state index contributed by atoms with van der Waals surface area (Å²) >= 11 is 1.42. The van der Waals surface area contributed by atoms with E-state index in [4.69, 9.17) is 5.73 Å². The molecule has 2 N–H and O–H groups in total. The number of hydrogen-bond acceptors (Lipinski definition) is 5. The number of thiophene rings is 1. The van der Waals surface area contributed by atoms with Crippen LogP contribution >= 0.6 is 11.3 Å². The molecule has 0 bridgehead atoms. The number of anilines is 1. The lowest BCUT2D eigenvalue weighted by Gasteiger charge is -2.06.